The number of carbonyl (C=O) groups excluding carboxylic acids is 1. The predicted molar refractivity (Wildman–Crippen MR) is 70.5 cm³/mol. The van der Waals surface area contributed by atoms with E-state index < -0.39 is 12.1 Å². The van der Waals surface area contributed by atoms with Gasteiger partial charge in [0.05, 0.1) is 12.2 Å². The number of ether oxygens (including phenoxy) is 2. The van der Waals surface area contributed by atoms with Crippen molar-refractivity contribution in [3.63, 3.8) is 0 Å². The molecule has 0 spiro atoms. The maximum absolute atomic E-state index is 11.7. The van der Waals surface area contributed by atoms with Crippen LogP contribution in [-0.2, 0) is 14.3 Å². The van der Waals surface area contributed by atoms with Gasteiger partial charge in [0.1, 0.15) is 0 Å². The van der Waals surface area contributed by atoms with Gasteiger partial charge in [0.2, 0.25) is 0 Å². The molecule has 0 radical (unpaired) electrons. The zero-order valence-corrected chi connectivity index (χ0v) is 11.6. The molecule has 114 valence electrons. The second-order valence-corrected chi connectivity index (χ2v) is 5.38. The SMILES string of the molecule is COC1CCC(NC(=O)NCC2CCC(C(=O)O)O2)C1. The van der Waals surface area contributed by atoms with E-state index in [1.165, 1.54) is 0 Å². The minimum atomic E-state index is -0.937. The number of rotatable bonds is 5. The molecule has 1 saturated heterocycles. The van der Waals surface area contributed by atoms with Gasteiger partial charge in [-0.3, -0.25) is 0 Å². The molecule has 1 heterocycles. The van der Waals surface area contributed by atoms with Crippen LogP contribution in [0.15, 0.2) is 0 Å². The maximum Gasteiger partial charge on any atom is 0.332 e. The Hall–Kier alpha value is -1.34. The Labute approximate surface area is 118 Å². The first-order chi connectivity index (χ1) is 9.58. The van der Waals surface area contributed by atoms with Crippen molar-refractivity contribution >= 4 is 12.0 Å². The molecule has 4 unspecified atom stereocenters. The van der Waals surface area contributed by atoms with Crippen molar-refractivity contribution in [2.24, 2.45) is 0 Å². The van der Waals surface area contributed by atoms with Gasteiger partial charge < -0.3 is 25.2 Å². The van der Waals surface area contributed by atoms with Crippen LogP contribution in [0.2, 0.25) is 0 Å². The summed E-state index contributed by atoms with van der Waals surface area (Å²) in [6.07, 6.45) is 3.17. The first-order valence-corrected chi connectivity index (χ1v) is 7.04. The number of carboxylic acid groups (broad SMARTS) is 1. The van der Waals surface area contributed by atoms with E-state index in [0.717, 1.165) is 19.3 Å². The van der Waals surface area contributed by atoms with Crippen LogP contribution in [0.25, 0.3) is 0 Å². The van der Waals surface area contributed by atoms with Crippen LogP contribution < -0.4 is 10.6 Å². The largest absolute Gasteiger partial charge is 0.479 e. The van der Waals surface area contributed by atoms with Crippen LogP contribution in [0.3, 0.4) is 0 Å². The molecular weight excluding hydrogens is 264 g/mol. The molecule has 20 heavy (non-hydrogen) atoms. The molecule has 1 aliphatic heterocycles. The van der Waals surface area contributed by atoms with Crippen molar-refractivity contribution in [2.75, 3.05) is 13.7 Å². The first kappa shape index (κ1) is 15.1. The van der Waals surface area contributed by atoms with Crippen LogP contribution in [0.4, 0.5) is 4.79 Å². The Morgan fingerprint density at radius 1 is 1.30 bits per heavy atom. The fraction of sp³-hybridized carbons (Fsp3) is 0.846. The highest BCUT2D eigenvalue weighted by atomic mass is 16.5. The van der Waals surface area contributed by atoms with Crippen LogP contribution in [-0.4, -0.2) is 55.1 Å². The van der Waals surface area contributed by atoms with Crippen molar-refractivity contribution < 1.29 is 24.2 Å². The summed E-state index contributed by atoms with van der Waals surface area (Å²) in [4.78, 5) is 22.5. The lowest BCUT2D eigenvalue weighted by molar-refractivity contribution is -0.149. The lowest BCUT2D eigenvalue weighted by Gasteiger charge is -2.16. The van der Waals surface area contributed by atoms with Gasteiger partial charge in [0, 0.05) is 19.7 Å². The van der Waals surface area contributed by atoms with Crippen molar-refractivity contribution in [2.45, 2.75) is 56.5 Å². The third kappa shape index (κ3) is 4.08. The molecule has 0 bridgehead atoms. The number of hydrogen-bond donors (Lipinski definition) is 3. The van der Waals surface area contributed by atoms with E-state index in [1.807, 2.05) is 0 Å². The minimum absolute atomic E-state index is 0.149. The van der Waals surface area contributed by atoms with E-state index in [4.69, 9.17) is 14.6 Å². The normalized spacial score (nSPS) is 33.0. The molecule has 2 rings (SSSR count). The molecule has 7 heteroatoms. The number of urea groups is 1. The molecule has 1 aliphatic carbocycles. The second kappa shape index (κ2) is 6.90. The number of hydrogen-bond acceptors (Lipinski definition) is 4. The molecule has 0 aromatic rings. The summed E-state index contributed by atoms with van der Waals surface area (Å²) in [6, 6.07) is -0.0784. The molecule has 2 fully saturated rings. The van der Waals surface area contributed by atoms with Gasteiger partial charge >= 0.3 is 12.0 Å². The van der Waals surface area contributed by atoms with Crippen molar-refractivity contribution in [1.82, 2.24) is 10.6 Å². The standard InChI is InChI=1S/C13H22N2O5/c1-19-9-3-2-8(6-9)15-13(18)14-7-10-4-5-11(20-10)12(16)17/h8-11H,2-7H2,1H3,(H,16,17)(H2,14,15,18). The third-order valence-corrected chi connectivity index (χ3v) is 3.93. The minimum Gasteiger partial charge on any atom is -0.479 e. The molecular formula is C13H22N2O5. The Kier molecular flexibility index (Phi) is 5.19. The van der Waals surface area contributed by atoms with Crippen LogP contribution in [0.1, 0.15) is 32.1 Å². The first-order valence-electron chi connectivity index (χ1n) is 7.04. The molecule has 1 saturated carbocycles. The summed E-state index contributed by atoms with van der Waals surface area (Å²) >= 11 is 0. The maximum atomic E-state index is 11.7. The summed E-state index contributed by atoms with van der Waals surface area (Å²) in [5.74, 6) is -0.937. The van der Waals surface area contributed by atoms with E-state index >= 15 is 0 Å². The lowest BCUT2D eigenvalue weighted by atomic mass is 10.2. The van der Waals surface area contributed by atoms with E-state index in [9.17, 15) is 9.59 Å². The van der Waals surface area contributed by atoms with Crippen molar-refractivity contribution in [3.05, 3.63) is 0 Å². The number of carboxylic acids is 1. The summed E-state index contributed by atoms with van der Waals surface area (Å²) in [7, 11) is 1.68. The van der Waals surface area contributed by atoms with Gasteiger partial charge in [-0.25, -0.2) is 9.59 Å². The fourth-order valence-corrected chi connectivity index (χ4v) is 2.77. The van der Waals surface area contributed by atoms with Crippen LogP contribution >= 0.6 is 0 Å². The van der Waals surface area contributed by atoms with Gasteiger partial charge in [-0.2, -0.15) is 0 Å². The predicted octanol–water partition coefficient (Wildman–Crippen LogP) is 0.485. The van der Waals surface area contributed by atoms with E-state index in [2.05, 4.69) is 10.6 Å². The highest BCUT2D eigenvalue weighted by molar-refractivity contribution is 5.74. The number of aliphatic carboxylic acids is 1. The lowest BCUT2D eigenvalue weighted by Crippen LogP contribution is -2.44. The molecule has 2 amide bonds. The Balaban J connectivity index is 1.62. The summed E-state index contributed by atoms with van der Waals surface area (Å²) < 4.78 is 10.6. The molecule has 4 atom stereocenters. The van der Waals surface area contributed by atoms with Gasteiger partial charge in [0.25, 0.3) is 0 Å². The fourth-order valence-electron chi connectivity index (χ4n) is 2.77. The van der Waals surface area contributed by atoms with Gasteiger partial charge in [0.15, 0.2) is 6.10 Å². The molecule has 0 aromatic heterocycles. The van der Waals surface area contributed by atoms with Crippen LogP contribution in [0.5, 0.6) is 0 Å². The average Bonchev–Trinajstić information content (AvgIpc) is 3.05. The Morgan fingerprint density at radius 3 is 2.70 bits per heavy atom. The highest BCUT2D eigenvalue weighted by Gasteiger charge is 2.31. The second-order valence-electron chi connectivity index (χ2n) is 5.38. The summed E-state index contributed by atoms with van der Waals surface area (Å²) in [5, 5.41) is 14.4. The van der Waals surface area contributed by atoms with Crippen LogP contribution in [0, 0.1) is 0 Å². The number of carbonyl (C=O) groups is 2. The molecule has 3 N–H and O–H groups in total. The highest BCUT2D eigenvalue weighted by Crippen LogP contribution is 2.21. The summed E-state index contributed by atoms with van der Waals surface area (Å²) in [5.41, 5.74) is 0. The molecule has 0 aromatic carbocycles. The van der Waals surface area contributed by atoms with E-state index in [0.29, 0.717) is 19.4 Å². The zero-order valence-electron chi connectivity index (χ0n) is 11.6. The molecule has 7 nitrogen and oxygen atoms in total. The van der Waals surface area contributed by atoms with E-state index in [1.54, 1.807) is 7.11 Å². The Bertz CT molecular complexity index is 363. The van der Waals surface area contributed by atoms with Crippen molar-refractivity contribution in [1.29, 1.82) is 0 Å². The number of amides is 2. The van der Waals surface area contributed by atoms with Crippen molar-refractivity contribution in [3.8, 4) is 0 Å². The van der Waals surface area contributed by atoms with Gasteiger partial charge in [-0.05, 0) is 32.1 Å². The molecule has 2 aliphatic rings. The average molecular weight is 286 g/mol. The quantitative estimate of drug-likeness (QED) is 0.683. The third-order valence-electron chi connectivity index (χ3n) is 3.93. The van der Waals surface area contributed by atoms with Gasteiger partial charge in [-0.15, -0.1) is 0 Å². The number of methoxy groups -OCH3 is 1. The van der Waals surface area contributed by atoms with E-state index in [-0.39, 0.29) is 24.3 Å². The number of nitrogens with one attached hydrogen (secondary N) is 2. The Morgan fingerprint density at radius 2 is 2.10 bits per heavy atom. The topological polar surface area (TPSA) is 96.9 Å². The van der Waals surface area contributed by atoms with Gasteiger partial charge in [-0.1, -0.05) is 0 Å². The smallest absolute Gasteiger partial charge is 0.332 e. The zero-order chi connectivity index (χ0) is 14.5. The summed E-state index contributed by atoms with van der Waals surface area (Å²) in [6.45, 7) is 0.343. The monoisotopic (exact) mass is 286 g/mol.